The number of rotatable bonds is 9. The van der Waals surface area contributed by atoms with Gasteiger partial charge in [0.05, 0.1) is 0 Å². The summed E-state index contributed by atoms with van der Waals surface area (Å²) in [6.45, 7) is 2.17. The van der Waals surface area contributed by atoms with Crippen molar-refractivity contribution in [3.63, 3.8) is 0 Å². The van der Waals surface area contributed by atoms with Crippen molar-refractivity contribution < 1.29 is 19.6 Å². The van der Waals surface area contributed by atoms with Gasteiger partial charge in [0.1, 0.15) is 6.29 Å². The average Bonchev–Trinajstić information content (AvgIpc) is 2.30. The van der Waals surface area contributed by atoms with Gasteiger partial charge in [-0.3, -0.25) is 14.8 Å². The SMILES string of the molecule is CC(=O)N(O)CCCCCNC(=O)CCC=O. The van der Waals surface area contributed by atoms with Crippen LogP contribution in [-0.4, -0.2) is 41.5 Å². The Morgan fingerprint density at radius 2 is 2.00 bits per heavy atom. The minimum Gasteiger partial charge on any atom is -0.356 e. The van der Waals surface area contributed by atoms with Crippen LogP contribution in [0.5, 0.6) is 0 Å². The zero-order valence-corrected chi connectivity index (χ0v) is 10.1. The van der Waals surface area contributed by atoms with Gasteiger partial charge in [0, 0.05) is 32.9 Å². The predicted octanol–water partition coefficient (Wildman–Crippen LogP) is 0.490. The number of nitrogens with one attached hydrogen (secondary N) is 1. The van der Waals surface area contributed by atoms with E-state index in [1.165, 1.54) is 6.92 Å². The van der Waals surface area contributed by atoms with E-state index in [0.29, 0.717) is 24.6 Å². The lowest BCUT2D eigenvalue weighted by atomic mass is 10.2. The van der Waals surface area contributed by atoms with Gasteiger partial charge in [0.2, 0.25) is 11.8 Å². The molecule has 0 unspecified atom stereocenters. The molecule has 0 aromatic carbocycles. The molecule has 0 rings (SSSR count). The predicted molar refractivity (Wildman–Crippen MR) is 61.3 cm³/mol. The second-order valence-corrected chi connectivity index (χ2v) is 3.76. The number of aldehydes is 1. The molecule has 0 radical (unpaired) electrons. The third-order valence-corrected chi connectivity index (χ3v) is 2.22. The maximum Gasteiger partial charge on any atom is 0.242 e. The summed E-state index contributed by atoms with van der Waals surface area (Å²) in [5.74, 6) is -0.489. The van der Waals surface area contributed by atoms with Crippen molar-refractivity contribution in [2.24, 2.45) is 0 Å². The monoisotopic (exact) mass is 244 g/mol. The molecule has 0 heterocycles. The van der Waals surface area contributed by atoms with Crippen molar-refractivity contribution in [1.82, 2.24) is 10.4 Å². The summed E-state index contributed by atoms with van der Waals surface area (Å²) in [7, 11) is 0. The third-order valence-electron chi connectivity index (χ3n) is 2.22. The zero-order valence-electron chi connectivity index (χ0n) is 10.1. The molecule has 0 saturated carbocycles. The van der Waals surface area contributed by atoms with Crippen molar-refractivity contribution in [3.8, 4) is 0 Å². The molecule has 0 spiro atoms. The summed E-state index contributed by atoms with van der Waals surface area (Å²) in [4.78, 5) is 31.7. The van der Waals surface area contributed by atoms with Crippen LogP contribution in [-0.2, 0) is 14.4 Å². The molecular formula is C11H20N2O4. The molecule has 0 saturated heterocycles. The number of carbonyl (C=O) groups excluding carboxylic acids is 3. The highest BCUT2D eigenvalue weighted by atomic mass is 16.5. The molecule has 0 aromatic rings. The first-order valence-electron chi connectivity index (χ1n) is 5.75. The third kappa shape index (κ3) is 9.50. The van der Waals surface area contributed by atoms with Gasteiger partial charge in [-0.2, -0.15) is 0 Å². The van der Waals surface area contributed by atoms with Gasteiger partial charge in [-0.15, -0.1) is 0 Å². The van der Waals surface area contributed by atoms with Gasteiger partial charge in [-0.25, -0.2) is 5.06 Å². The number of hydrogen-bond acceptors (Lipinski definition) is 4. The van der Waals surface area contributed by atoms with Gasteiger partial charge < -0.3 is 10.1 Å². The second-order valence-electron chi connectivity index (χ2n) is 3.76. The molecule has 2 amide bonds. The Morgan fingerprint density at radius 1 is 1.29 bits per heavy atom. The Bertz CT molecular complexity index is 256. The Hall–Kier alpha value is -1.43. The molecule has 0 bridgehead atoms. The van der Waals surface area contributed by atoms with E-state index in [1.54, 1.807) is 0 Å². The molecule has 0 fully saturated rings. The summed E-state index contributed by atoms with van der Waals surface area (Å²) < 4.78 is 0. The second kappa shape index (κ2) is 9.77. The Balaban J connectivity index is 3.31. The van der Waals surface area contributed by atoms with Crippen LogP contribution in [0.1, 0.15) is 39.0 Å². The van der Waals surface area contributed by atoms with Crippen molar-refractivity contribution in [2.75, 3.05) is 13.1 Å². The smallest absolute Gasteiger partial charge is 0.242 e. The van der Waals surface area contributed by atoms with E-state index in [9.17, 15) is 14.4 Å². The van der Waals surface area contributed by atoms with Crippen molar-refractivity contribution in [1.29, 1.82) is 0 Å². The molecule has 0 atom stereocenters. The first-order valence-corrected chi connectivity index (χ1v) is 5.75. The van der Waals surface area contributed by atoms with E-state index in [2.05, 4.69) is 5.32 Å². The van der Waals surface area contributed by atoms with Gasteiger partial charge in [-0.05, 0) is 19.3 Å². The highest BCUT2D eigenvalue weighted by Crippen LogP contribution is 1.97. The van der Waals surface area contributed by atoms with Gasteiger partial charge in [-0.1, -0.05) is 0 Å². The van der Waals surface area contributed by atoms with Gasteiger partial charge >= 0.3 is 0 Å². The number of amides is 2. The fourth-order valence-electron chi connectivity index (χ4n) is 1.23. The summed E-state index contributed by atoms with van der Waals surface area (Å²) >= 11 is 0. The summed E-state index contributed by atoms with van der Waals surface area (Å²) in [6, 6.07) is 0. The molecule has 0 aliphatic rings. The van der Waals surface area contributed by atoms with E-state index in [1.807, 2.05) is 0 Å². The fraction of sp³-hybridized carbons (Fsp3) is 0.727. The van der Waals surface area contributed by atoms with Crippen LogP contribution in [0.3, 0.4) is 0 Å². The van der Waals surface area contributed by atoms with Crippen molar-refractivity contribution in [2.45, 2.75) is 39.0 Å². The van der Waals surface area contributed by atoms with Crippen LogP contribution in [0.4, 0.5) is 0 Å². The molecule has 6 heteroatoms. The Kier molecular flexibility index (Phi) is 8.95. The quantitative estimate of drug-likeness (QED) is 0.267. The zero-order chi connectivity index (χ0) is 13.1. The standard InChI is InChI=1S/C11H20N2O4/c1-10(15)13(17)8-4-2-3-7-12-11(16)6-5-9-14/h9,17H,2-8H2,1H3,(H,12,16). The number of nitrogens with zero attached hydrogens (tertiary/aromatic N) is 1. The Labute approximate surface area is 101 Å². The van der Waals surface area contributed by atoms with Crippen LogP contribution in [0.25, 0.3) is 0 Å². The summed E-state index contributed by atoms with van der Waals surface area (Å²) in [5.41, 5.74) is 0. The van der Waals surface area contributed by atoms with Crippen LogP contribution < -0.4 is 5.32 Å². The first-order chi connectivity index (χ1) is 8.07. The molecule has 0 aliphatic carbocycles. The molecule has 0 aromatic heterocycles. The van der Waals surface area contributed by atoms with E-state index >= 15 is 0 Å². The molecule has 6 nitrogen and oxygen atoms in total. The lowest BCUT2D eigenvalue weighted by Crippen LogP contribution is -2.26. The number of hydrogen-bond donors (Lipinski definition) is 2. The number of carbonyl (C=O) groups is 3. The number of hydroxylamine groups is 2. The topological polar surface area (TPSA) is 86.7 Å². The normalized spacial score (nSPS) is 9.76. The van der Waals surface area contributed by atoms with E-state index in [4.69, 9.17) is 5.21 Å². The van der Waals surface area contributed by atoms with E-state index in [-0.39, 0.29) is 24.7 Å². The number of unbranched alkanes of at least 4 members (excludes halogenated alkanes) is 2. The fourth-order valence-corrected chi connectivity index (χ4v) is 1.23. The van der Waals surface area contributed by atoms with Crippen LogP contribution in [0.15, 0.2) is 0 Å². The van der Waals surface area contributed by atoms with Crippen LogP contribution in [0, 0.1) is 0 Å². The van der Waals surface area contributed by atoms with E-state index in [0.717, 1.165) is 19.1 Å². The highest BCUT2D eigenvalue weighted by Gasteiger charge is 2.03. The van der Waals surface area contributed by atoms with Crippen LogP contribution >= 0.6 is 0 Å². The highest BCUT2D eigenvalue weighted by molar-refractivity contribution is 5.77. The lowest BCUT2D eigenvalue weighted by Gasteiger charge is -2.11. The molecule has 0 aliphatic heterocycles. The molecule has 2 N–H and O–H groups in total. The molecule has 17 heavy (non-hydrogen) atoms. The largest absolute Gasteiger partial charge is 0.356 e. The summed E-state index contributed by atoms with van der Waals surface area (Å²) in [6.07, 6.45) is 3.51. The molecule has 98 valence electrons. The minimum atomic E-state index is -0.368. The maximum absolute atomic E-state index is 11.1. The van der Waals surface area contributed by atoms with E-state index < -0.39 is 0 Å². The average molecular weight is 244 g/mol. The van der Waals surface area contributed by atoms with Gasteiger partial charge in [0.15, 0.2) is 0 Å². The van der Waals surface area contributed by atoms with Crippen molar-refractivity contribution in [3.05, 3.63) is 0 Å². The first kappa shape index (κ1) is 15.6. The molecular weight excluding hydrogens is 224 g/mol. The summed E-state index contributed by atoms with van der Waals surface area (Å²) in [5, 5.41) is 12.4. The van der Waals surface area contributed by atoms with Crippen molar-refractivity contribution >= 4 is 18.1 Å². The Morgan fingerprint density at radius 3 is 2.59 bits per heavy atom. The van der Waals surface area contributed by atoms with Crippen LogP contribution in [0.2, 0.25) is 0 Å². The van der Waals surface area contributed by atoms with Gasteiger partial charge in [0.25, 0.3) is 0 Å². The lowest BCUT2D eigenvalue weighted by molar-refractivity contribution is -0.162. The maximum atomic E-state index is 11.1. The minimum absolute atomic E-state index is 0.121.